The second kappa shape index (κ2) is 8.00. The highest BCUT2D eigenvalue weighted by molar-refractivity contribution is 9.10. The predicted octanol–water partition coefficient (Wildman–Crippen LogP) is 4.84. The van der Waals surface area contributed by atoms with Crippen LogP contribution in [-0.4, -0.2) is 20.9 Å². The van der Waals surface area contributed by atoms with Crippen molar-refractivity contribution in [2.45, 2.75) is 17.7 Å². The summed E-state index contributed by atoms with van der Waals surface area (Å²) >= 11 is 3.29. The van der Waals surface area contributed by atoms with Gasteiger partial charge in [-0.25, -0.2) is 8.42 Å². The van der Waals surface area contributed by atoms with E-state index in [0.717, 1.165) is 23.0 Å². The molecular weight excluding hydrogens is 452 g/mol. The molecule has 0 saturated carbocycles. The Labute approximate surface area is 178 Å². The van der Waals surface area contributed by atoms with Crippen LogP contribution >= 0.6 is 15.9 Å². The highest BCUT2D eigenvalue weighted by atomic mass is 79.9. The Morgan fingerprint density at radius 1 is 0.931 bits per heavy atom. The van der Waals surface area contributed by atoms with Crippen LogP contribution in [0.15, 0.2) is 82.2 Å². The van der Waals surface area contributed by atoms with Gasteiger partial charge in [0.05, 0.1) is 4.90 Å². The molecule has 0 radical (unpaired) electrons. The van der Waals surface area contributed by atoms with Gasteiger partial charge in [0.1, 0.15) is 0 Å². The smallest absolute Gasteiger partial charge is 0.261 e. The standard InChI is InChI=1S/C22H19BrN2O3S/c23-18-9-13-20(14-10-18)29(27,28)24-19-11-7-17(8-12-19)22(26)25-15-3-5-16-4-1-2-6-21(16)25/h1-2,4,6-14,24H,3,5,15H2. The van der Waals surface area contributed by atoms with E-state index in [0.29, 0.717) is 17.8 Å². The molecule has 4 rings (SSSR count). The van der Waals surface area contributed by atoms with Gasteiger partial charge in [0.15, 0.2) is 0 Å². The number of amides is 1. The SMILES string of the molecule is O=C(c1ccc(NS(=O)(=O)c2ccc(Br)cc2)cc1)N1CCCc2ccccc21. The molecule has 0 bridgehead atoms. The normalized spacial score (nSPS) is 13.6. The molecule has 1 aliphatic rings. The average molecular weight is 471 g/mol. The van der Waals surface area contributed by atoms with Gasteiger partial charge in [-0.15, -0.1) is 0 Å². The number of hydrogen-bond acceptors (Lipinski definition) is 3. The van der Waals surface area contributed by atoms with E-state index >= 15 is 0 Å². The van der Waals surface area contributed by atoms with Crippen molar-refractivity contribution in [1.29, 1.82) is 0 Å². The van der Waals surface area contributed by atoms with E-state index in [9.17, 15) is 13.2 Å². The fourth-order valence-electron chi connectivity index (χ4n) is 3.41. The first-order valence-corrected chi connectivity index (χ1v) is 11.5. The second-order valence-corrected chi connectivity index (χ2v) is 9.42. The van der Waals surface area contributed by atoms with Gasteiger partial charge in [0.25, 0.3) is 15.9 Å². The van der Waals surface area contributed by atoms with Gasteiger partial charge in [-0.05, 0) is 73.0 Å². The molecule has 0 saturated heterocycles. The van der Waals surface area contributed by atoms with E-state index in [2.05, 4.69) is 26.7 Å². The Bertz CT molecular complexity index is 1140. The minimum Gasteiger partial charge on any atom is -0.308 e. The highest BCUT2D eigenvalue weighted by Crippen LogP contribution is 2.28. The van der Waals surface area contributed by atoms with Gasteiger partial charge in [0, 0.05) is 28.0 Å². The molecule has 0 aromatic heterocycles. The maximum atomic E-state index is 13.0. The number of aryl methyl sites for hydroxylation is 1. The Hall–Kier alpha value is -2.64. The number of anilines is 2. The highest BCUT2D eigenvalue weighted by Gasteiger charge is 2.23. The van der Waals surface area contributed by atoms with Crippen LogP contribution in [0.5, 0.6) is 0 Å². The number of rotatable bonds is 4. The number of benzene rings is 3. The van der Waals surface area contributed by atoms with Gasteiger partial charge < -0.3 is 4.90 Å². The zero-order valence-electron chi connectivity index (χ0n) is 15.5. The molecule has 7 heteroatoms. The lowest BCUT2D eigenvalue weighted by Gasteiger charge is -2.29. The summed E-state index contributed by atoms with van der Waals surface area (Å²) in [6.07, 6.45) is 1.89. The third-order valence-corrected chi connectivity index (χ3v) is 6.79. The Balaban J connectivity index is 1.53. The molecular formula is C22H19BrN2O3S. The molecule has 0 aliphatic carbocycles. The summed E-state index contributed by atoms with van der Waals surface area (Å²) in [6.45, 7) is 0.674. The average Bonchev–Trinajstić information content (AvgIpc) is 2.73. The summed E-state index contributed by atoms with van der Waals surface area (Å²) in [6, 6.07) is 20.9. The number of nitrogens with zero attached hydrogens (tertiary/aromatic N) is 1. The lowest BCUT2D eigenvalue weighted by Crippen LogP contribution is -2.35. The van der Waals surface area contributed by atoms with E-state index in [-0.39, 0.29) is 10.8 Å². The molecule has 0 spiro atoms. The number of nitrogens with one attached hydrogen (secondary N) is 1. The second-order valence-electron chi connectivity index (χ2n) is 6.83. The largest absolute Gasteiger partial charge is 0.308 e. The minimum atomic E-state index is -3.69. The monoisotopic (exact) mass is 470 g/mol. The van der Waals surface area contributed by atoms with Crippen molar-refractivity contribution in [3.8, 4) is 0 Å². The zero-order valence-corrected chi connectivity index (χ0v) is 17.9. The van der Waals surface area contributed by atoms with Gasteiger partial charge in [0.2, 0.25) is 0 Å². The third kappa shape index (κ3) is 4.21. The molecule has 3 aromatic rings. The van der Waals surface area contributed by atoms with Crippen molar-refractivity contribution in [3.05, 3.63) is 88.4 Å². The first-order chi connectivity index (χ1) is 13.9. The van der Waals surface area contributed by atoms with Crippen molar-refractivity contribution in [2.75, 3.05) is 16.2 Å². The van der Waals surface area contributed by atoms with E-state index in [1.807, 2.05) is 18.2 Å². The Kier molecular flexibility index (Phi) is 5.43. The summed E-state index contributed by atoms with van der Waals surface area (Å²) in [5.41, 5.74) is 3.05. The molecule has 5 nitrogen and oxygen atoms in total. The number of fused-ring (bicyclic) bond motifs is 1. The maximum Gasteiger partial charge on any atom is 0.261 e. The van der Waals surface area contributed by atoms with Gasteiger partial charge in [-0.2, -0.15) is 0 Å². The number of halogens is 1. The minimum absolute atomic E-state index is 0.0838. The quantitative estimate of drug-likeness (QED) is 0.592. The van der Waals surface area contributed by atoms with Crippen molar-refractivity contribution < 1.29 is 13.2 Å². The Morgan fingerprint density at radius 3 is 2.34 bits per heavy atom. The van der Waals surface area contributed by atoms with Gasteiger partial charge >= 0.3 is 0 Å². The summed E-state index contributed by atoms with van der Waals surface area (Å²) in [4.78, 5) is 15.0. The van der Waals surface area contributed by atoms with Gasteiger partial charge in [-0.1, -0.05) is 34.1 Å². The van der Waals surface area contributed by atoms with Crippen LogP contribution in [0, 0.1) is 0 Å². The molecule has 1 N–H and O–H groups in total. The molecule has 29 heavy (non-hydrogen) atoms. The fraction of sp³-hybridized carbons (Fsp3) is 0.136. The topological polar surface area (TPSA) is 66.5 Å². The van der Waals surface area contributed by atoms with Crippen LogP contribution in [0.4, 0.5) is 11.4 Å². The molecule has 1 amide bonds. The number of carbonyl (C=O) groups is 1. The van der Waals surface area contributed by atoms with E-state index < -0.39 is 10.0 Å². The molecule has 148 valence electrons. The molecule has 0 atom stereocenters. The van der Waals surface area contributed by atoms with Crippen molar-refractivity contribution in [2.24, 2.45) is 0 Å². The number of para-hydroxylation sites is 1. The summed E-state index contributed by atoms with van der Waals surface area (Å²) in [7, 11) is -3.69. The molecule has 0 unspecified atom stereocenters. The fourth-order valence-corrected chi connectivity index (χ4v) is 4.73. The van der Waals surface area contributed by atoms with Crippen LogP contribution in [-0.2, 0) is 16.4 Å². The van der Waals surface area contributed by atoms with E-state index in [1.54, 1.807) is 41.3 Å². The first-order valence-electron chi connectivity index (χ1n) is 9.22. The third-order valence-electron chi connectivity index (χ3n) is 4.86. The van der Waals surface area contributed by atoms with E-state index in [4.69, 9.17) is 0 Å². The molecule has 0 fully saturated rings. The van der Waals surface area contributed by atoms with Crippen LogP contribution in [0.2, 0.25) is 0 Å². The molecule has 1 aliphatic heterocycles. The summed E-state index contributed by atoms with van der Waals surface area (Å²) in [5, 5.41) is 0. The van der Waals surface area contributed by atoms with Crippen LogP contribution in [0.3, 0.4) is 0 Å². The summed E-state index contributed by atoms with van der Waals surface area (Å²) in [5.74, 6) is -0.0838. The van der Waals surface area contributed by atoms with Crippen LogP contribution in [0.25, 0.3) is 0 Å². The summed E-state index contributed by atoms with van der Waals surface area (Å²) < 4.78 is 28.4. The maximum absolute atomic E-state index is 13.0. The van der Waals surface area contributed by atoms with Crippen molar-refractivity contribution in [1.82, 2.24) is 0 Å². The van der Waals surface area contributed by atoms with Crippen LogP contribution < -0.4 is 9.62 Å². The number of sulfonamides is 1. The van der Waals surface area contributed by atoms with Gasteiger partial charge in [-0.3, -0.25) is 9.52 Å². The number of hydrogen-bond donors (Lipinski definition) is 1. The number of carbonyl (C=O) groups excluding carboxylic acids is 1. The lowest BCUT2D eigenvalue weighted by atomic mass is 10.0. The first kappa shape index (κ1) is 19.7. The van der Waals surface area contributed by atoms with Crippen molar-refractivity contribution in [3.63, 3.8) is 0 Å². The van der Waals surface area contributed by atoms with Crippen molar-refractivity contribution >= 4 is 43.2 Å². The van der Waals surface area contributed by atoms with Crippen LogP contribution in [0.1, 0.15) is 22.3 Å². The molecule has 3 aromatic carbocycles. The molecule has 1 heterocycles. The zero-order chi connectivity index (χ0) is 20.4. The lowest BCUT2D eigenvalue weighted by molar-refractivity contribution is 0.0985. The van der Waals surface area contributed by atoms with E-state index in [1.165, 1.54) is 17.7 Å². The Morgan fingerprint density at radius 2 is 1.62 bits per heavy atom. The predicted molar refractivity (Wildman–Crippen MR) is 118 cm³/mol.